The molecule has 0 saturated carbocycles. The van der Waals surface area contributed by atoms with E-state index in [0.717, 1.165) is 4.57 Å². The lowest BCUT2D eigenvalue weighted by molar-refractivity contribution is -0.184. The van der Waals surface area contributed by atoms with Crippen molar-refractivity contribution in [3.8, 4) is 6.01 Å². The number of nitrogens with one attached hydrogen (secondary N) is 1. The molecular weight excluding hydrogens is 490 g/mol. The standard InChI is InChI=1S/C21H25N9O7/c1-35-12(14(31)17(32)30-10-23-13-15(22)24-20(36-2)25-16(13)30)9-37-21(19(33)34,18-26-28-29-27-18)8-11-6-4-3-5-7-11/h3-7,10,12,14,17,31-32H,8-9H2,1-2H3,(H,33,34)(H2,22,24,25)(H,26,27,28,29)/t12-,14-,17-,21-/m1/s1. The number of nitrogen functional groups attached to an aromatic ring is 1. The summed E-state index contributed by atoms with van der Waals surface area (Å²) < 4.78 is 17.4. The number of fused-ring (bicyclic) bond motifs is 1. The third-order valence-corrected chi connectivity index (χ3v) is 5.73. The maximum Gasteiger partial charge on any atom is 0.344 e. The number of hydrogen-bond acceptors (Lipinski definition) is 13. The highest BCUT2D eigenvalue weighted by Gasteiger charge is 2.47. The number of hydrogen-bond donors (Lipinski definition) is 5. The first-order chi connectivity index (χ1) is 17.8. The number of tetrazole rings is 1. The number of methoxy groups -OCH3 is 2. The van der Waals surface area contributed by atoms with Gasteiger partial charge in [0.2, 0.25) is 11.4 Å². The van der Waals surface area contributed by atoms with Gasteiger partial charge in [0.25, 0.3) is 0 Å². The number of aliphatic carboxylic acids is 1. The molecule has 196 valence electrons. The van der Waals surface area contributed by atoms with Crippen LogP contribution in [0.25, 0.3) is 11.2 Å². The van der Waals surface area contributed by atoms with Crippen LogP contribution in [0.5, 0.6) is 6.01 Å². The fourth-order valence-electron chi connectivity index (χ4n) is 3.73. The molecule has 0 amide bonds. The van der Waals surface area contributed by atoms with Gasteiger partial charge in [0.05, 0.1) is 20.0 Å². The van der Waals surface area contributed by atoms with Crippen LogP contribution < -0.4 is 10.5 Å². The Bertz CT molecular complexity index is 1340. The van der Waals surface area contributed by atoms with Crippen molar-refractivity contribution in [2.24, 2.45) is 0 Å². The average Bonchev–Trinajstić information content (AvgIpc) is 3.59. The molecule has 1 aromatic carbocycles. The topological polar surface area (TPSA) is 230 Å². The number of aromatic amines is 1. The van der Waals surface area contributed by atoms with Crippen molar-refractivity contribution in [3.05, 3.63) is 48.0 Å². The number of H-pyrrole nitrogens is 1. The van der Waals surface area contributed by atoms with E-state index in [4.69, 9.17) is 19.9 Å². The third kappa shape index (κ3) is 5.03. The average molecular weight is 515 g/mol. The molecule has 4 rings (SSSR count). The van der Waals surface area contributed by atoms with Crippen LogP contribution in [-0.4, -0.2) is 94.5 Å². The molecule has 0 aliphatic rings. The number of carbonyl (C=O) groups is 1. The van der Waals surface area contributed by atoms with Crippen LogP contribution >= 0.6 is 0 Å². The normalized spacial score (nSPS) is 15.7. The molecule has 0 unspecified atom stereocenters. The zero-order chi connectivity index (χ0) is 26.6. The predicted molar refractivity (Wildman–Crippen MR) is 124 cm³/mol. The number of carboxylic acid groups (broad SMARTS) is 1. The zero-order valence-electron chi connectivity index (χ0n) is 19.8. The summed E-state index contributed by atoms with van der Waals surface area (Å²) in [5, 5.41) is 45.4. The van der Waals surface area contributed by atoms with Gasteiger partial charge in [0, 0.05) is 13.5 Å². The van der Waals surface area contributed by atoms with Gasteiger partial charge in [-0.25, -0.2) is 9.78 Å². The summed E-state index contributed by atoms with van der Waals surface area (Å²) in [5.74, 6) is -1.60. The first kappa shape index (κ1) is 25.8. The van der Waals surface area contributed by atoms with Crippen molar-refractivity contribution in [2.45, 2.75) is 30.5 Å². The van der Waals surface area contributed by atoms with Gasteiger partial charge in [-0.1, -0.05) is 35.5 Å². The molecule has 0 spiro atoms. The highest BCUT2D eigenvalue weighted by molar-refractivity contribution is 5.82. The molecular formula is C21H25N9O7. The van der Waals surface area contributed by atoms with Crippen LogP contribution in [0.15, 0.2) is 36.7 Å². The number of aliphatic hydroxyl groups is 2. The van der Waals surface area contributed by atoms with Gasteiger partial charge in [0.1, 0.15) is 12.2 Å². The number of imidazole rings is 1. The predicted octanol–water partition coefficient (Wildman–Crippen LogP) is -0.964. The molecule has 0 radical (unpaired) electrons. The van der Waals surface area contributed by atoms with Gasteiger partial charge in [-0.15, -0.1) is 10.2 Å². The molecule has 16 nitrogen and oxygen atoms in total. The van der Waals surface area contributed by atoms with Crippen molar-refractivity contribution in [1.82, 2.24) is 40.1 Å². The number of rotatable bonds is 12. The van der Waals surface area contributed by atoms with Crippen molar-refractivity contribution < 1.29 is 34.3 Å². The Balaban J connectivity index is 1.60. The molecule has 0 aliphatic heterocycles. The van der Waals surface area contributed by atoms with E-state index in [-0.39, 0.29) is 35.2 Å². The van der Waals surface area contributed by atoms with Gasteiger partial charge in [0.15, 0.2) is 23.2 Å². The maximum absolute atomic E-state index is 12.5. The number of anilines is 1. The van der Waals surface area contributed by atoms with E-state index in [2.05, 4.69) is 35.6 Å². The van der Waals surface area contributed by atoms with Gasteiger partial charge >= 0.3 is 12.0 Å². The van der Waals surface area contributed by atoms with Gasteiger partial charge in [-0.2, -0.15) is 15.2 Å². The van der Waals surface area contributed by atoms with Crippen LogP contribution in [0.3, 0.4) is 0 Å². The maximum atomic E-state index is 12.5. The highest BCUT2D eigenvalue weighted by Crippen LogP contribution is 2.30. The quantitative estimate of drug-likeness (QED) is 0.153. The highest BCUT2D eigenvalue weighted by atomic mass is 16.6. The van der Waals surface area contributed by atoms with Gasteiger partial charge < -0.3 is 35.3 Å². The fourth-order valence-corrected chi connectivity index (χ4v) is 3.73. The van der Waals surface area contributed by atoms with Crippen LogP contribution in [0.4, 0.5) is 5.82 Å². The SMILES string of the molecule is COc1nc(N)c2ncn([C@H](O)[C@H](O)[C@@H](CO[C@@](Cc3ccccc3)(C(=O)O)c3nn[nH]n3)OC)c2n1. The smallest absolute Gasteiger partial charge is 0.344 e. The Kier molecular flexibility index (Phi) is 7.53. The number of aliphatic hydroxyl groups excluding tert-OH is 2. The van der Waals surface area contributed by atoms with Crippen molar-refractivity contribution in [3.63, 3.8) is 0 Å². The lowest BCUT2D eigenvalue weighted by Gasteiger charge is -2.31. The Morgan fingerprint density at radius 2 is 1.97 bits per heavy atom. The first-order valence-corrected chi connectivity index (χ1v) is 10.9. The lowest BCUT2D eigenvalue weighted by atomic mass is 9.93. The van der Waals surface area contributed by atoms with Crippen LogP contribution in [-0.2, 0) is 26.3 Å². The largest absolute Gasteiger partial charge is 0.479 e. The summed E-state index contributed by atoms with van der Waals surface area (Å²) in [5.41, 5.74) is 4.70. The molecule has 0 saturated heterocycles. The number of nitrogens with zero attached hydrogens (tertiary/aromatic N) is 7. The third-order valence-electron chi connectivity index (χ3n) is 5.73. The summed E-state index contributed by atoms with van der Waals surface area (Å²) in [7, 11) is 2.62. The molecule has 37 heavy (non-hydrogen) atoms. The molecule has 3 heterocycles. The van der Waals surface area contributed by atoms with E-state index in [1.807, 2.05) is 0 Å². The van der Waals surface area contributed by atoms with E-state index < -0.39 is 36.6 Å². The lowest BCUT2D eigenvalue weighted by Crippen LogP contribution is -2.47. The van der Waals surface area contributed by atoms with Crippen LogP contribution in [0.2, 0.25) is 0 Å². The minimum atomic E-state index is -2.08. The second kappa shape index (κ2) is 10.8. The molecule has 3 aromatic heterocycles. The minimum Gasteiger partial charge on any atom is -0.479 e. The van der Waals surface area contributed by atoms with Gasteiger partial charge in [-0.3, -0.25) is 4.57 Å². The van der Waals surface area contributed by atoms with E-state index in [1.165, 1.54) is 20.5 Å². The molecule has 0 fully saturated rings. The molecule has 0 bridgehead atoms. The number of benzene rings is 1. The van der Waals surface area contributed by atoms with E-state index in [9.17, 15) is 20.1 Å². The van der Waals surface area contributed by atoms with Crippen molar-refractivity contribution in [2.75, 3.05) is 26.6 Å². The number of carboxylic acids is 1. The number of ether oxygens (including phenoxy) is 3. The Hall–Kier alpha value is -4.25. The van der Waals surface area contributed by atoms with Crippen LogP contribution in [0, 0.1) is 0 Å². The summed E-state index contributed by atoms with van der Waals surface area (Å²) in [6.07, 6.45) is -3.42. The number of nitrogens with two attached hydrogens (primary N) is 1. The molecule has 0 aliphatic carbocycles. The van der Waals surface area contributed by atoms with E-state index in [1.54, 1.807) is 30.3 Å². The molecule has 4 atom stereocenters. The van der Waals surface area contributed by atoms with Crippen LogP contribution in [0.1, 0.15) is 17.6 Å². The summed E-state index contributed by atoms with van der Waals surface area (Å²) in [6.45, 7) is -0.477. The Labute approximate surface area is 209 Å². The summed E-state index contributed by atoms with van der Waals surface area (Å²) >= 11 is 0. The Morgan fingerprint density at radius 1 is 1.22 bits per heavy atom. The Morgan fingerprint density at radius 3 is 2.59 bits per heavy atom. The molecule has 16 heteroatoms. The summed E-state index contributed by atoms with van der Waals surface area (Å²) in [6, 6.07) is 8.66. The molecule has 4 aromatic rings. The summed E-state index contributed by atoms with van der Waals surface area (Å²) in [4.78, 5) is 24.6. The van der Waals surface area contributed by atoms with E-state index >= 15 is 0 Å². The van der Waals surface area contributed by atoms with Crippen molar-refractivity contribution in [1.29, 1.82) is 0 Å². The monoisotopic (exact) mass is 515 g/mol. The number of aromatic nitrogens is 8. The zero-order valence-corrected chi connectivity index (χ0v) is 19.8. The second-order valence-electron chi connectivity index (χ2n) is 7.94. The van der Waals surface area contributed by atoms with Gasteiger partial charge in [-0.05, 0) is 5.56 Å². The first-order valence-electron chi connectivity index (χ1n) is 10.9. The minimum absolute atomic E-state index is 0.0150. The van der Waals surface area contributed by atoms with Crippen molar-refractivity contribution >= 4 is 23.0 Å². The molecule has 6 N–H and O–H groups in total. The fraction of sp³-hybridized carbons (Fsp3) is 0.381. The van der Waals surface area contributed by atoms with E-state index in [0.29, 0.717) is 5.56 Å². The second-order valence-corrected chi connectivity index (χ2v) is 7.94.